The van der Waals surface area contributed by atoms with Gasteiger partial charge in [-0.25, -0.2) is 0 Å². The molecule has 0 saturated heterocycles. The van der Waals surface area contributed by atoms with Crippen molar-refractivity contribution < 1.29 is 9.84 Å². The van der Waals surface area contributed by atoms with Gasteiger partial charge in [-0.1, -0.05) is 0 Å². The maximum Gasteiger partial charge on any atom is 0.0534 e. The van der Waals surface area contributed by atoms with E-state index in [0.717, 1.165) is 6.42 Å². The second-order valence-electron chi connectivity index (χ2n) is 2.56. The van der Waals surface area contributed by atoms with Crippen LogP contribution < -0.4 is 0 Å². The molecule has 0 aliphatic heterocycles. The van der Waals surface area contributed by atoms with E-state index in [-0.39, 0.29) is 12.2 Å². The van der Waals surface area contributed by atoms with Crippen molar-refractivity contribution in [3.63, 3.8) is 0 Å². The van der Waals surface area contributed by atoms with Crippen LogP contribution in [0.2, 0.25) is 0 Å². The van der Waals surface area contributed by atoms with E-state index in [1.165, 1.54) is 0 Å². The van der Waals surface area contributed by atoms with Crippen molar-refractivity contribution in [3.8, 4) is 0 Å². The van der Waals surface area contributed by atoms with Gasteiger partial charge >= 0.3 is 0 Å². The smallest absolute Gasteiger partial charge is 0.0534 e. The Morgan fingerprint density at radius 2 is 1.89 bits per heavy atom. The third-order valence-electron chi connectivity index (χ3n) is 0.987. The summed E-state index contributed by atoms with van der Waals surface area (Å²) in [4.78, 5) is 0. The normalized spacial score (nSPS) is 14.3. The molecular formula is C7H16O2. The van der Waals surface area contributed by atoms with E-state index < -0.39 is 0 Å². The van der Waals surface area contributed by atoms with E-state index in [9.17, 15) is 0 Å². The summed E-state index contributed by atoms with van der Waals surface area (Å²) in [6.45, 7) is 6.41. The number of aliphatic hydroxyl groups excluding tert-OH is 1. The summed E-state index contributed by atoms with van der Waals surface area (Å²) in [5.74, 6) is 0. The second-order valence-corrected chi connectivity index (χ2v) is 2.56. The minimum atomic E-state index is -0.233. The van der Waals surface area contributed by atoms with Crippen molar-refractivity contribution in [1.82, 2.24) is 0 Å². The largest absolute Gasteiger partial charge is 0.393 e. The maximum absolute atomic E-state index is 8.79. The van der Waals surface area contributed by atoms with Crippen LogP contribution in [0, 0.1) is 0 Å². The van der Waals surface area contributed by atoms with Crippen molar-refractivity contribution in [2.24, 2.45) is 0 Å². The molecule has 0 aliphatic rings. The Labute approximate surface area is 56.8 Å². The van der Waals surface area contributed by atoms with Crippen molar-refractivity contribution in [2.75, 3.05) is 6.61 Å². The minimum Gasteiger partial charge on any atom is -0.393 e. The summed E-state index contributed by atoms with van der Waals surface area (Å²) in [7, 11) is 0. The van der Waals surface area contributed by atoms with Crippen LogP contribution in [-0.2, 0) is 4.74 Å². The molecule has 0 fully saturated rings. The molecule has 0 heterocycles. The van der Waals surface area contributed by atoms with Gasteiger partial charge in [-0.3, -0.25) is 0 Å². The van der Waals surface area contributed by atoms with E-state index in [1.807, 2.05) is 13.8 Å². The zero-order valence-corrected chi connectivity index (χ0v) is 6.42. The first-order valence-corrected chi connectivity index (χ1v) is 3.42. The lowest BCUT2D eigenvalue weighted by molar-refractivity contribution is 0.0513. The van der Waals surface area contributed by atoms with E-state index in [4.69, 9.17) is 9.84 Å². The van der Waals surface area contributed by atoms with E-state index in [1.54, 1.807) is 6.92 Å². The van der Waals surface area contributed by atoms with Gasteiger partial charge < -0.3 is 9.84 Å². The highest BCUT2D eigenvalue weighted by atomic mass is 16.5. The SMILES string of the molecule is CC(O)CCOC(C)C. The number of hydrogen-bond donors (Lipinski definition) is 1. The molecule has 2 nitrogen and oxygen atoms in total. The van der Waals surface area contributed by atoms with Gasteiger partial charge in [0, 0.05) is 6.61 Å². The van der Waals surface area contributed by atoms with Crippen LogP contribution >= 0.6 is 0 Å². The zero-order valence-electron chi connectivity index (χ0n) is 6.42. The highest BCUT2D eigenvalue weighted by Crippen LogP contribution is 1.93. The van der Waals surface area contributed by atoms with Crippen LogP contribution in [0.3, 0.4) is 0 Å². The fraction of sp³-hybridized carbons (Fsp3) is 1.00. The molecule has 56 valence electrons. The molecule has 0 saturated carbocycles. The summed E-state index contributed by atoms with van der Waals surface area (Å²) in [5, 5.41) is 8.79. The van der Waals surface area contributed by atoms with Gasteiger partial charge in [-0.05, 0) is 27.2 Å². The molecule has 0 aromatic carbocycles. The predicted molar refractivity (Wildman–Crippen MR) is 37.4 cm³/mol. The predicted octanol–water partition coefficient (Wildman–Crippen LogP) is 1.18. The lowest BCUT2D eigenvalue weighted by Gasteiger charge is -2.07. The molecule has 0 radical (unpaired) electrons. The summed E-state index contributed by atoms with van der Waals surface area (Å²) in [5.41, 5.74) is 0. The van der Waals surface area contributed by atoms with Crippen LogP contribution in [0.5, 0.6) is 0 Å². The Hall–Kier alpha value is -0.0800. The topological polar surface area (TPSA) is 29.5 Å². The minimum absolute atomic E-state index is 0.233. The van der Waals surface area contributed by atoms with Crippen molar-refractivity contribution in [1.29, 1.82) is 0 Å². The third kappa shape index (κ3) is 7.92. The molecule has 9 heavy (non-hydrogen) atoms. The fourth-order valence-corrected chi connectivity index (χ4v) is 0.474. The lowest BCUT2D eigenvalue weighted by Crippen LogP contribution is -2.09. The Bertz CT molecular complexity index is 51.9. The van der Waals surface area contributed by atoms with Gasteiger partial charge in [0.1, 0.15) is 0 Å². The molecule has 1 unspecified atom stereocenters. The number of aliphatic hydroxyl groups is 1. The summed E-state index contributed by atoms with van der Waals surface area (Å²) >= 11 is 0. The van der Waals surface area contributed by atoms with Crippen LogP contribution in [0.15, 0.2) is 0 Å². The van der Waals surface area contributed by atoms with Gasteiger partial charge in [-0.2, -0.15) is 0 Å². The van der Waals surface area contributed by atoms with Gasteiger partial charge in [0.25, 0.3) is 0 Å². The van der Waals surface area contributed by atoms with Crippen molar-refractivity contribution >= 4 is 0 Å². The molecule has 0 spiro atoms. The Balaban J connectivity index is 2.91. The summed E-state index contributed by atoms with van der Waals surface area (Å²) < 4.78 is 5.19. The molecule has 1 N–H and O–H groups in total. The monoisotopic (exact) mass is 132 g/mol. The molecule has 0 aliphatic carbocycles. The molecule has 1 atom stereocenters. The summed E-state index contributed by atoms with van der Waals surface area (Å²) in [6, 6.07) is 0. The van der Waals surface area contributed by atoms with E-state index >= 15 is 0 Å². The summed E-state index contributed by atoms with van der Waals surface area (Å²) in [6.07, 6.45) is 0.783. The van der Waals surface area contributed by atoms with Crippen LogP contribution in [0.25, 0.3) is 0 Å². The molecule has 0 bridgehead atoms. The first-order valence-electron chi connectivity index (χ1n) is 3.42. The standard InChI is InChI=1S/C7H16O2/c1-6(2)9-5-4-7(3)8/h6-8H,4-5H2,1-3H3. The average Bonchev–Trinajstić information content (AvgIpc) is 1.63. The zero-order chi connectivity index (χ0) is 7.28. The third-order valence-corrected chi connectivity index (χ3v) is 0.987. The van der Waals surface area contributed by atoms with Crippen LogP contribution in [0.4, 0.5) is 0 Å². The van der Waals surface area contributed by atoms with E-state index in [2.05, 4.69) is 0 Å². The molecule has 0 aromatic rings. The average molecular weight is 132 g/mol. The Morgan fingerprint density at radius 3 is 2.22 bits per heavy atom. The molecule has 2 heteroatoms. The number of hydrogen-bond acceptors (Lipinski definition) is 2. The Morgan fingerprint density at radius 1 is 1.33 bits per heavy atom. The highest BCUT2D eigenvalue weighted by Gasteiger charge is 1.96. The number of ether oxygens (including phenoxy) is 1. The van der Waals surface area contributed by atoms with Crippen LogP contribution in [0.1, 0.15) is 27.2 Å². The van der Waals surface area contributed by atoms with E-state index in [0.29, 0.717) is 6.61 Å². The lowest BCUT2D eigenvalue weighted by atomic mass is 10.3. The molecule has 0 aromatic heterocycles. The first-order chi connectivity index (χ1) is 4.13. The first kappa shape index (κ1) is 8.92. The second kappa shape index (κ2) is 4.77. The highest BCUT2D eigenvalue weighted by molar-refractivity contribution is 4.45. The molecule has 0 rings (SSSR count). The van der Waals surface area contributed by atoms with Gasteiger partial charge in [0.15, 0.2) is 0 Å². The molecular weight excluding hydrogens is 116 g/mol. The van der Waals surface area contributed by atoms with Gasteiger partial charge in [0.2, 0.25) is 0 Å². The van der Waals surface area contributed by atoms with Crippen LogP contribution in [-0.4, -0.2) is 23.9 Å². The molecule has 0 amide bonds. The van der Waals surface area contributed by atoms with Gasteiger partial charge in [-0.15, -0.1) is 0 Å². The van der Waals surface area contributed by atoms with Crippen molar-refractivity contribution in [2.45, 2.75) is 39.4 Å². The maximum atomic E-state index is 8.79. The van der Waals surface area contributed by atoms with Gasteiger partial charge in [0.05, 0.1) is 12.2 Å². The van der Waals surface area contributed by atoms with Crippen molar-refractivity contribution in [3.05, 3.63) is 0 Å². The quantitative estimate of drug-likeness (QED) is 0.622. The Kier molecular flexibility index (Phi) is 4.72. The number of rotatable bonds is 4. The fourth-order valence-electron chi connectivity index (χ4n) is 0.474.